The predicted octanol–water partition coefficient (Wildman–Crippen LogP) is 3.53. The van der Waals surface area contributed by atoms with Crippen LogP contribution in [0.1, 0.15) is 30.4 Å². The Labute approximate surface area is 165 Å². The van der Waals surface area contributed by atoms with E-state index in [2.05, 4.69) is 22.6 Å². The van der Waals surface area contributed by atoms with Gasteiger partial charge in [0.15, 0.2) is 0 Å². The van der Waals surface area contributed by atoms with Crippen molar-refractivity contribution in [2.24, 2.45) is 5.16 Å². The molecule has 0 aromatic heterocycles. The second-order valence-electron chi connectivity index (χ2n) is 7.33. The summed E-state index contributed by atoms with van der Waals surface area (Å²) < 4.78 is 0. The third kappa shape index (κ3) is 4.51. The van der Waals surface area contributed by atoms with E-state index >= 15 is 0 Å². The van der Waals surface area contributed by atoms with Gasteiger partial charge in [-0.1, -0.05) is 65.8 Å². The minimum absolute atomic E-state index is 0.269. The Morgan fingerprint density at radius 2 is 1.75 bits per heavy atom. The summed E-state index contributed by atoms with van der Waals surface area (Å²) in [4.78, 5) is 23.3. The van der Waals surface area contributed by atoms with Crippen molar-refractivity contribution in [2.45, 2.75) is 31.3 Å². The van der Waals surface area contributed by atoms with E-state index < -0.39 is 6.09 Å². The fourth-order valence-corrected chi connectivity index (χ4v) is 3.66. The number of oxime groups is 1. The number of rotatable bonds is 5. The first kappa shape index (κ1) is 18.5. The number of nitrogens with one attached hydrogen (secondary N) is 1. The molecule has 1 fully saturated rings. The van der Waals surface area contributed by atoms with E-state index in [1.54, 1.807) is 5.06 Å². The van der Waals surface area contributed by atoms with E-state index in [1.165, 1.54) is 5.56 Å². The van der Waals surface area contributed by atoms with Crippen molar-refractivity contribution in [3.8, 4) is 0 Å². The molecule has 2 aromatic carbocycles. The molecule has 28 heavy (non-hydrogen) atoms. The smallest absolute Gasteiger partial charge is 0.388 e. The van der Waals surface area contributed by atoms with Crippen LogP contribution in [0.2, 0.25) is 0 Å². The fraction of sp³-hybridized carbons (Fsp3) is 0.364. The van der Waals surface area contributed by atoms with Gasteiger partial charge in [-0.05, 0) is 17.5 Å². The Morgan fingerprint density at radius 1 is 1.07 bits per heavy atom. The molecule has 6 heteroatoms. The Balaban J connectivity index is 1.19. The molecule has 2 aliphatic heterocycles. The van der Waals surface area contributed by atoms with Gasteiger partial charge in [0, 0.05) is 38.9 Å². The molecule has 0 atom stereocenters. The highest BCUT2D eigenvalue weighted by Crippen LogP contribution is 2.36. The Hall–Kier alpha value is -2.86. The Morgan fingerprint density at radius 3 is 2.46 bits per heavy atom. The molecule has 1 saturated heterocycles. The summed E-state index contributed by atoms with van der Waals surface area (Å²) in [7, 11) is 0. The van der Waals surface area contributed by atoms with Gasteiger partial charge in [0.2, 0.25) is 0 Å². The van der Waals surface area contributed by atoms with E-state index in [4.69, 9.17) is 9.68 Å². The van der Waals surface area contributed by atoms with Crippen molar-refractivity contribution >= 4 is 11.8 Å². The molecule has 1 N–H and O–H groups in total. The second-order valence-corrected chi connectivity index (χ2v) is 7.33. The van der Waals surface area contributed by atoms with Gasteiger partial charge >= 0.3 is 6.09 Å². The summed E-state index contributed by atoms with van der Waals surface area (Å²) >= 11 is 0. The molecule has 1 spiro atoms. The lowest BCUT2D eigenvalue weighted by molar-refractivity contribution is -0.157. The first-order valence-corrected chi connectivity index (χ1v) is 9.78. The first-order valence-electron chi connectivity index (χ1n) is 9.78. The van der Waals surface area contributed by atoms with Gasteiger partial charge in [-0.15, -0.1) is 5.06 Å². The zero-order valence-electron chi connectivity index (χ0n) is 15.8. The zero-order valence-corrected chi connectivity index (χ0v) is 15.8. The van der Waals surface area contributed by atoms with E-state index in [0.717, 1.165) is 37.0 Å². The standard InChI is InChI=1S/C22H25N3O3/c26-21(23-14-11-18-7-3-1-4-8-18)27-25-15-12-22(13-16-25)17-20(24-28-22)19-9-5-2-6-10-19/h1-10H,11-17H2,(H,23,26). The van der Waals surface area contributed by atoms with Crippen LogP contribution in [0.4, 0.5) is 4.79 Å². The molecule has 2 aromatic rings. The van der Waals surface area contributed by atoms with Gasteiger partial charge in [0.05, 0.1) is 5.71 Å². The van der Waals surface area contributed by atoms with Gasteiger partial charge in [-0.2, -0.15) is 0 Å². The van der Waals surface area contributed by atoms with E-state index in [1.807, 2.05) is 48.5 Å². The van der Waals surface area contributed by atoms with Gasteiger partial charge < -0.3 is 15.0 Å². The molecule has 1 amide bonds. The highest BCUT2D eigenvalue weighted by Gasteiger charge is 2.43. The highest BCUT2D eigenvalue weighted by molar-refractivity contribution is 6.01. The van der Waals surface area contributed by atoms with E-state index in [0.29, 0.717) is 19.6 Å². The predicted molar refractivity (Wildman–Crippen MR) is 107 cm³/mol. The minimum Gasteiger partial charge on any atom is -0.388 e. The lowest BCUT2D eigenvalue weighted by Gasteiger charge is -2.35. The van der Waals surface area contributed by atoms with Crippen LogP contribution in [-0.2, 0) is 16.1 Å². The van der Waals surface area contributed by atoms with Crippen LogP contribution in [0, 0.1) is 0 Å². The van der Waals surface area contributed by atoms with Crippen molar-refractivity contribution in [3.63, 3.8) is 0 Å². The monoisotopic (exact) mass is 379 g/mol. The minimum atomic E-state index is -0.402. The molecule has 6 nitrogen and oxygen atoms in total. The van der Waals surface area contributed by atoms with Crippen LogP contribution in [-0.4, -0.2) is 42.1 Å². The molecule has 0 bridgehead atoms. The number of benzene rings is 2. The molecule has 0 saturated carbocycles. The number of piperidine rings is 1. The van der Waals surface area contributed by atoms with Crippen LogP contribution in [0.25, 0.3) is 0 Å². The normalized spacial score (nSPS) is 18.4. The molecule has 0 unspecified atom stereocenters. The summed E-state index contributed by atoms with van der Waals surface area (Å²) in [5.41, 5.74) is 3.02. The number of carbonyl (C=O) groups excluding carboxylic acids is 1. The number of hydrogen-bond donors (Lipinski definition) is 1. The molecular formula is C22H25N3O3. The average molecular weight is 379 g/mol. The second kappa shape index (κ2) is 8.44. The molecule has 2 heterocycles. The van der Waals surface area contributed by atoms with Gasteiger partial charge in [-0.3, -0.25) is 0 Å². The molecule has 0 radical (unpaired) electrons. The van der Waals surface area contributed by atoms with Crippen molar-refractivity contribution < 1.29 is 14.5 Å². The zero-order chi connectivity index (χ0) is 19.2. The third-order valence-electron chi connectivity index (χ3n) is 5.32. The van der Waals surface area contributed by atoms with Crippen molar-refractivity contribution in [2.75, 3.05) is 19.6 Å². The van der Waals surface area contributed by atoms with Gasteiger partial charge in [-0.25, -0.2) is 4.79 Å². The molecular weight excluding hydrogens is 354 g/mol. The van der Waals surface area contributed by atoms with Gasteiger partial charge in [0.25, 0.3) is 0 Å². The number of hydroxylamine groups is 2. The fourth-order valence-electron chi connectivity index (χ4n) is 3.66. The maximum absolute atomic E-state index is 12.0. The maximum Gasteiger partial charge on any atom is 0.426 e. The quantitative estimate of drug-likeness (QED) is 0.863. The number of nitrogens with zero attached hydrogens (tertiary/aromatic N) is 2. The Bertz CT molecular complexity index is 815. The van der Waals surface area contributed by atoms with Crippen molar-refractivity contribution in [3.05, 3.63) is 71.8 Å². The lowest BCUT2D eigenvalue weighted by atomic mass is 9.86. The summed E-state index contributed by atoms with van der Waals surface area (Å²) in [6.45, 7) is 1.84. The maximum atomic E-state index is 12.0. The summed E-state index contributed by atoms with van der Waals surface area (Å²) in [5, 5.41) is 8.84. The van der Waals surface area contributed by atoms with Gasteiger partial charge in [0.1, 0.15) is 5.60 Å². The molecule has 0 aliphatic carbocycles. The Kier molecular flexibility index (Phi) is 5.58. The lowest BCUT2D eigenvalue weighted by Crippen LogP contribution is -2.46. The highest BCUT2D eigenvalue weighted by atomic mass is 16.7. The summed E-state index contributed by atoms with van der Waals surface area (Å²) in [6, 6.07) is 20.2. The van der Waals surface area contributed by atoms with Crippen molar-refractivity contribution in [1.29, 1.82) is 0 Å². The average Bonchev–Trinajstić information content (AvgIpc) is 3.15. The third-order valence-corrected chi connectivity index (χ3v) is 5.32. The van der Waals surface area contributed by atoms with Crippen LogP contribution in [0.5, 0.6) is 0 Å². The van der Waals surface area contributed by atoms with E-state index in [9.17, 15) is 4.79 Å². The number of hydrogen-bond acceptors (Lipinski definition) is 5. The number of amides is 1. The van der Waals surface area contributed by atoms with Crippen LogP contribution in [0.15, 0.2) is 65.8 Å². The summed E-state index contributed by atoms with van der Waals surface area (Å²) in [5.74, 6) is 0. The first-order chi connectivity index (χ1) is 13.7. The van der Waals surface area contributed by atoms with Crippen LogP contribution in [0.3, 0.4) is 0 Å². The molecule has 4 rings (SSSR count). The summed E-state index contributed by atoms with van der Waals surface area (Å²) in [6.07, 6.45) is 2.75. The molecule has 2 aliphatic rings. The topological polar surface area (TPSA) is 63.2 Å². The number of carbonyl (C=O) groups is 1. The molecule has 146 valence electrons. The van der Waals surface area contributed by atoms with Crippen LogP contribution < -0.4 is 5.32 Å². The van der Waals surface area contributed by atoms with Crippen LogP contribution >= 0.6 is 0 Å². The SMILES string of the molecule is O=C(NCCc1ccccc1)ON1CCC2(CC1)CC(c1ccccc1)=NO2. The largest absolute Gasteiger partial charge is 0.426 e. The van der Waals surface area contributed by atoms with Crippen molar-refractivity contribution in [1.82, 2.24) is 10.4 Å². The van der Waals surface area contributed by atoms with E-state index in [-0.39, 0.29) is 5.60 Å².